The molecule has 3 nitrogen and oxygen atoms in total. The number of aliphatic hydroxyl groups excluding tert-OH is 1. The van der Waals surface area contributed by atoms with Crippen LogP contribution in [0.2, 0.25) is 0 Å². The van der Waals surface area contributed by atoms with Crippen molar-refractivity contribution in [2.75, 3.05) is 27.3 Å². The highest BCUT2D eigenvalue weighted by molar-refractivity contribution is 5.29. The second kappa shape index (κ2) is 6.42. The molecule has 0 aromatic heterocycles. The van der Waals surface area contributed by atoms with E-state index in [1.807, 2.05) is 38.2 Å². The number of hydrogen-bond donors (Lipinski definition) is 1. The Morgan fingerprint density at radius 1 is 1.41 bits per heavy atom. The minimum absolute atomic E-state index is 0.00222. The van der Waals surface area contributed by atoms with Crippen molar-refractivity contribution in [2.45, 2.75) is 13.0 Å². The fourth-order valence-corrected chi connectivity index (χ4v) is 1.86. The molecule has 0 aliphatic heterocycles. The largest absolute Gasteiger partial charge is 0.497 e. The van der Waals surface area contributed by atoms with Crippen molar-refractivity contribution in [1.82, 2.24) is 4.90 Å². The molecule has 0 amide bonds. The van der Waals surface area contributed by atoms with Crippen LogP contribution in [0.3, 0.4) is 0 Å². The molecule has 94 valence electrons. The Balaban J connectivity index is 2.81. The first-order valence-corrected chi connectivity index (χ1v) is 5.68. The van der Waals surface area contributed by atoms with Crippen molar-refractivity contribution in [2.24, 2.45) is 0 Å². The number of aliphatic hydroxyl groups is 1. The molecule has 1 atom stereocenters. The summed E-state index contributed by atoms with van der Waals surface area (Å²) in [5.74, 6) is 0.827. The van der Waals surface area contributed by atoms with E-state index in [9.17, 15) is 5.11 Å². The highest BCUT2D eigenvalue weighted by atomic mass is 16.5. The Labute approximate surface area is 103 Å². The number of benzene rings is 1. The zero-order valence-electron chi connectivity index (χ0n) is 10.8. The molecular weight excluding hydrogens is 214 g/mol. The van der Waals surface area contributed by atoms with Gasteiger partial charge in [-0.15, -0.1) is 0 Å². The molecule has 0 bridgehead atoms. The maximum Gasteiger partial charge on any atom is 0.118 e. The number of likely N-dealkylation sites (N-methyl/N-ethyl adjacent to an activating group) is 1. The Morgan fingerprint density at radius 3 is 2.41 bits per heavy atom. The second-order valence-electron chi connectivity index (χ2n) is 4.34. The summed E-state index contributed by atoms with van der Waals surface area (Å²) in [4.78, 5) is 2.09. The summed E-state index contributed by atoms with van der Waals surface area (Å²) in [6.07, 6.45) is 0. The summed E-state index contributed by atoms with van der Waals surface area (Å²) in [5.41, 5.74) is 2.16. The van der Waals surface area contributed by atoms with Gasteiger partial charge >= 0.3 is 0 Å². The average Bonchev–Trinajstić information content (AvgIpc) is 2.30. The van der Waals surface area contributed by atoms with Gasteiger partial charge in [0.2, 0.25) is 0 Å². The third kappa shape index (κ3) is 3.88. The molecular formula is C14H21NO2. The van der Waals surface area contributed by atoms with Crippen LogP contribution in [0.1, 0.15) is 18.5 Å². The summed E-state index contributed by atoms with van der Waals surface area (Å²) >= 11 is 0. The molecule has 17 heavy (non-hydrogen) atoms. The van der Waals surface area contributed by atoms with Gasteiger partial charge in [-0.2, -0.15) is 0 Å². The van der Waals surface area contributed by atoms with E-state index >= 15 is 0 Å². The van der Waals surface area contributed by atoms with Crippen LogP contribution < -0.4 is 4.74 Å². The molecule has 0 saturated heterocycles. The van der Waals surface area contributed by atoms with Crippen molar-refractivity contribution >= 4 is 0 Å². The predicted octanol–water partition coefficient (Wildman–Crippen LogP) is 2.24. The van der Waals surface area contributed by atoms with Gasteiger partial charge in [0.1, 0.15) is 5.75 Å². The van der Waals surface area contributed by atoms with Crippen molar-refractivity contribution in [3.05, 3.63) is 42.0 Å². The number of nitrogens with zero attached hydrogens (tertiary/aromatic N) is 1. The number of ether oxygens (including phenoxy) is 1. The van der Waals surface area contributed by atoms with E-state index in [1.165, 1.54) is 0 Å². The summed E-state index contributed by atoms with van der Waals surface area (Å²) in [5, 5.41) is 9.49. The molecule has 1 aromatic carbocycles. The first-order chi connectivity index (χ1) is 8.08. The minimum Gasteiger partial charge on any atom is -0.497 e. The van der Waals surface area contributed by atoms with E-state index in [4.69, 9.17) is 4.74 Å². The highest BCUT2D eigenvalue weighted by Gasteiger charge is 2.15. The molecule has 0 fully saturated rings. The van der Waals surface area contributed by atoms with Gasteiger partial charge in [-0.05, 0) is 31.7 Å². The molecule has 0 aliphatic rings. The molecule has 1 N–H and O–H groups in total. The summed E-state index contributed by atoms with van der Waals surface area (Å²) in [6.45, 7) is 6.74. The molecule has 0 aliphatic carbocycles. The smallest absolute Gasteiger partial charge is 0.118 e. The predicted molar refractivity (Wildman–Crippen MR) is 70.3 cm³/mol. The first-order valence-electron chi connectivity index (χ1n) is 5.68. The summed E-state index contributed by atoms with van der Waals surface area (Å²) in [7, 11) is 3.63. The first kappa shape index (κ1) is 13.7. The van der Waals surface area contributed by atoms with Gasteiger partial charge in [-0.3, -0.25) is 4.90 Å². The van der Waals surface area contributed by atoms with Gasteiger partial charge in [0.05, 0.1) is 19.8 Å². The lowest BCUT2D eigenvalue weighted by Crippen LogP contribution is -2.28. The van der Waals surface area contributed by atoms with Crippen LogP contribution >= 0.6 is 0 Å². The summed E-state index contributed by atoms with van der Waals surface area (Å²) < 4.78 is 5.12. The van der Waals surface area contributed by atoms with E-state index in [0.29, 0.717) is 0 Å². The third-order valence-electron chi connectivity index (χ3n) is 2.72. The topological polar surface area (TPSA) is 32.7 Å². The van der Waals surface area contributed by atoms with Crippen LogP contribution in [-0.4, -0.2) is 37.3 Å². The Bertz CT molecular complexity index is 359. The Kier molecular flexibility index (Phi) is 5.19. The maximum absolute atomic E-state index is 9.49. The molecule has 0 saturated carbocycles. The minimum atomic E-state index is -0.00222. The fraction of sp³-hybridized carbons (Fsp3) is 0.429. The second-order valence-corrected chi connectivity index (χ2v) is 4.34. The number of methoxy groups -OCH3 is 1. The van der Waals surface area contributed by atoms with Gasteiger partial charge in [0, 0.05) is 6.54 Å². The Morgan fingerprint density at radius 2 is 2.00 bits per heavy atom. The Hall–Kier alpha value is -1.32. The quantitative estimate of drug-likeness (QED) is 0.768. The SMILES string of the molecule is C=C(C)CN(C)C(CO)c1ccc(OC)cc1. The van der Waals surface area contributed by atoms with Gasteiger partial charge in [-0.25, -0.2) is 0 Å². The van der Waals surface area contributed by atoms with Gasteiger partial charge < -0.3 is 9.84 Å². The van der Waals surface area contributed by atoms with Crippen LogP contribution in [-0.2, 0) is 0 Å². The van der Waals surface area contributed by atoms with E-state index in [-0.39, 0.29) is 12.6 Å². The molecule has 0 heterocycles. The molecule has 1 unspecified atom stereocenters. The third-order valence-corrected chi connectivity index (χ3v) is 2.72. The lowest BCUT2D eigenvalue weighted by Gasteiger charge is -2.27. The highest BCUT2D eigenvalue weighted by Crippen LogP contribution is 2.22. The molecule has 1 aromatic rings. The molecule has 3 heteroatoms. The van der Waals surface area contributed by atoms with Gasteiger partial charge in [0.25, 0.3) is 0 Å². The zero-order valence-corrected chi connectivity index (χ0v) is 10.8. The lowest BCUT2D eigenvalue weighted by atomic mass is 10.1. The van der Waals surface area contributed by atoms with Crippen molar-refractivity contribution in [3.8, 4) is 5.75 Å². The van der Waals surface area contributed by atoms with Crippen LogP contribution in [0.4, 0.5) is 0 Å². The molecule has 0 radical (unpaired) electrons. The summed E-state index contributed by atoms with van der Waals surface area (Å²) in [6, 6.07) is 7.78. The molecule has 0 spiro atoms. The van der Waals surface area contributed by atoms with Crippen LogP contribution in [0.25, 0.3) is 0 Å². The normalized spacial score (nSPS) is 12.5. The number of rotatable bonds is 6. The standard InChI is InChI=1S/C14H21NO2/c1-11(2)9-15(3)14(10-16)12-5-7-13(17-4)8-6-12/h5-8,14,16H,1,9-10H2,2-4H3. The van der Waals surface area contributed by atoms with E-state index in [2.05, 4.69) is 11.5 Å². The number of hydrogen-bond acceptors (Lipinski definition) is 3. The van der Waals surface area contributed by atoms with Crippen LogP contribution in [0.5, 0.6) is 5.75 Å². The van der Waals surface area contributed by atoms with Crippen LogP contribution in [0, 0.1) is 0 Å². The van der Waals surface area contributed by atoms with Crippen molar-refractivity contribution in [1.29, 1.82) is 0 Å². The molecule has 1 rings (SSSR count). The van der Waals surface area contributed by atoms with Gasteiger partial charge in [0.15, 0.2) is 0 Å². The van der Waals surface area contributed by atoms with Crippen LogP contribution in [0.15, 0.2) is 36.4 Å². The zero-order chi connectivity index (χ0) is 12.8. The van der Waals surface area contributed by atoms with Crippen molar-refractivity contribution in [3.63, 3.8) is 0 Å². The van der Waals surface area contributed by atoms with Crippen molar-refractivity contribution < 1.29 is 9.84 Å². The van der Waals surface area contributed by atoms with E-state index in [0.717, 1.165) is 23.4 Å². The van der Waals surface area contributed by atoms with Gasteiger partial charge in [-0.1, -0.05) is 24.3 Å². The average molecular weight is 235 g/mol. The monoisotopic (exact) mass is 235 g/mol. The maximum atomic E-state index is 9.49. The fourth-order valence-electron chi connectivity index (χ4n) is 1.86. The van der Waals surface area contributed by atoms with E-state index in [1.54, 1.807) is 7.11 Å². The lowest BCUT2D eigenvalue weighted by molar-refractivity contribution is 0.156. The van der Waals surface area contributed by atoms with E-state index < -0.39 is 0 Å².